The molecule has 1 aliphatic carbocycles. The molecule has 0 amide bonds. The Balaban J connectivity index is 0.864. The van der Waals surface area contributed by atoms with E-state index in [1.807, 2.05) is 6.07 Å². The standard InChI is InChI=1S/C45H43F2N9O4S/c1-2-34-37(46)15-12-28-6-3-9-35(38(28)34)40-39(47)41-36(20-48-40)43(54-22-30-13-14-31(23-54)50-30)52-44(51-41)60-25-45-16-5-17-55(45)21-27(19-45)24-59-32-7-4-8-33(18-32)61(57,58)56-26-49-42(53-56)29-10-11-29/h1,3-4,6-9,12,15,18,20,26-27,29-31,50H,5,10-11,13-14,16-17,19,21-25H2/t27?,30-,31+,45?. The highest BCUT2D eigenvalue weighted by Gasteiger charge is 2.49. The molecule has 1 N–H and O–H groups in total. The van der Waals surface area contributed by atoms with E-state index in [0.717, 1.165) is 62.1 Å². The Hall–Kier alpha value is -5.76. The summed E-state index contributed by atoms with van der Waals surface area (Å²) in [5.74, 6) is 3.20. The monoisotopic (exact) mass is 843 g/mol. The van der Waals surface area contributed by atoms with Crippen molar-refractivity contribution in [3.05, 3.63) is 90.1 Å². The van der Waals surface area contributed by atoms with Gasteiger partial charge in [0.25, 0.3) is 10.0 Å². The minimum Gasteiger partial charge on any atom is -0.493 e. The molecule has 13 nitrogen and oxygen atoms in total. The van der Waals surface area contributed by atoms with Gasteiger partial charge in [0.2, 0.25) is 0 Å². The first-order chi connectivity index (χ1) is 29.7. The normalized spacial score (nSPS) is 23.8. The van der Waals surface area contributed by atoms with E-state index in [1.165, 1.54) is 24.5 Å². The van der Waals surface area contributed by atoms with Crippen molar-refractivity contribution in [3.8, 4) is 35.4 Å². The largest absolute Gasteiger partial charge is 0.493 e. The van der Waals surface area contributed by atoms with E-state index >= 15 is 4.39 Å². The van der Waals surface area contributed by atoms with Crippen molar-refractivity contribution < 1.29 is 26.7 Å². The maximum absolute atomic E-state index is 17.1. The van der Waals surface area contributed by atoms with Gasteiger partial charge in [-0.05, 0) is 75.1 Å². The molecule has 5 fully saturated rings. The number of terminal acetylenes is 1. The molecule has 6 aromatic rings. The van der Waals surface area contributed by atoms with Crippen molar-refractivity contribution in [2.75, 3.05) is 44.3 Å². The molecule has 3 aromatic carbocycles. The molecule has 4 saturated heterocycles. The van der Waals surface area contributed by atoms with Gasteiger partial charge in [-0.15, -0.1) is 15.6 Å². The molecule has 4 aliphatic heterocycles. The molecule has 4 atom stereocenters. The molecule has 2 bridgehead atoms. The Bertz CT molecular complexity index is 2870. The van der Waals surface area contributed by atoms with Gasteiger partial charge in [-0.25, -0.2) is 13.8 Å². The molecule has 0 radical (unpaired) electrons. The molecule has 7 heterocycles. The van der Waals surface area contributed by atoms with Gasteiger partial charge in [0.15, 0.2) is 11.6 Å². The number of hydrogen-bond acceptors (Lipinski definition) is 12. The lowest BCUT2D eigenvalue weighted by Gasteiger charge is -2.34. The van der Waals surface area contributed by atoms with Crippen molar-refractivity contribution in [3.63, 3.8) is 0 Å². The third-order valence-electron chi connectivity index (χ3n) is 13.2. The Morgan fingerprint density at radius 3 is 2.62 bits per heavy atom. The summed E-state index contributed by atoms with van der Waals surface area (Å²) >= 11 is 0. The van der Waals surface area contributed by atoms with E-state index in [2.05, 4.69) is 36.1 Å². The van der Waals surface area contributed by atoms with Crippen LogP contribution in [-0.4, -0.2) is 99.5 Å². The number of hydrogen-bond donors (Lipinski definition) is 1. The van der Waals surface area contributed by atoms with Gasteiger partial charge in [-0.1, -0.05) is 36.3 Å². The van der Waals surface area contributed by atoms with E-state index in [4.69, 9.17) is 25.9 Å². The maximum Gasteiger partial charge on any atom is 0.319 e. The van der Waals surface area contributed by atoms with E-state index in [9.17, 15) is 12.8 Å². The van der Waals surface area contributed by atoms with Gasteiger partial charge >= 0.3 is 6.01 Å². The number of piperazine rings is 1. The van der Waals surface area contributed by atoms with Crippen LogP contribution < -0.4 is 19.7 Å². The summed E-state index contributed by atoms with van der Waals surface area (Å²) in [7, 11) is -3.93. The number of nitrogens with one attached hydrogen (secondary N) is 1. The lowest BCUT2D eigenvalue weighted by Crippen LogP contribution is -2.51. The van der Waals surface area contributed by atoms with Crippen LogP contribution >= 0.6 is 0 Å². The topological polar surface area (TPSA) is 140 Å². The Morgan fingerprint density at radius 2 is 1.80 bits per heavy atom. The van der Waals surface area contributed by atoms with Crippen LogP contribution in [0.5, 0.6) is 11.8 Å². The van der Waals surface area contributed by atoms with Crippen LogP contribution in [0.2, 0.25) is 0 Å². The third-order valence-corrected chi connectivity index (χ3v) is 14.7. The van der Waals surface area contributed by atoms with Gasteiger partial charge in [0.05, 0.1) is 28.0 Å². The second-order valence-corrected chi connectivity index (χ2v) is 19.0. The van der Waals surface area contributed by atoms with Crippen LogP contribution in [0.4, 0.5) is 14.6 Å². The molecule has 312 valence electrons. The van der Waals surface area contributed by atoms with E-state index in [1.54, 1.807) is 36.5 Å². The summed E-state index contributed by atoms with van der Waals surface area (Å²) in [6.07, 6.45) is 15.4. The van der Waals surface area contributed by atoms with Gasteiger partial charge < -0.3 is 19.7 Å². The van der Waals surface area contributed by atoms with Crippen LogP contribution in [0.25, 0.3) is 32.9 Å². The third kappa shape index (κ3) is 6.74. The highest BCUT2D eigenvalue weighted by atomic mass is 32.2. The van der Waals surface area contributed by atoms with Crippen molar-refractivity contribution >= 4 is 37.5 Å². The molecule has 1 saturated carbocycles. The SMILES string of the molecule is C#Cc1c(F)ccc2cccc(-c3ncc4c(N5C[C@H]6CC[C@@H](C5)N6)nc(OCC56CCCN5CC(COc5cccc(S(=O)(=O)n7cnc(C8CC8)n7)c5)C6)nc4c3F)c12. The maximum atomic E-state index is 17.1. The Labute approximate surface area is 351 Å². The molecule has 61 heavy (non-hydrogen) atoms. The average Bonchev–Trinajstić information content (AvgIpc) is 3.53. The number of nitrogens with zero attached hydrogens (tertiary/aromatic N) is 8. The summed E-state index contributed by atoms with van der Waals surface area (Å²) in [5, 5.41) is 9.45. The minimum atomic E-state index is -3.93. The smallest absolute Gasteiger partial charge is 0.319 e. The van der Waals surface area contributed by atoms with Gasteiger partial charge in [-0.2, -0.15) is 18.4 Å². The van der Waals surface area contributed by atoms with Crippen LogP contribution in [0, 0.1) is 29.9 Å². The first-order valence-electron chi connectivity index (χ1n) is 21.0. The molecular weight excluding hydrogens is 801 g/mol. The first kappa shape index (κ1) is 38.2. The summed E-state index contributed by atoms with van der Waals surface area (Å²) in [6, 6.07) is 15.4. The van der Waals surface area contributed by atoms with E-state index in [0.29, 0.717) is 77.5 Å². The number of aromatic nitrogens is 6. The quantitative estimate of drug-likeness (QED) is 0.152. The second kappa shape index (κ2) is 14.7. The number of pyridine rings is 1. The van der Waals surface area contributed by atoms with Crippen molar-refractivity contribution in [1.29, 1.82) is 0 Å². The van der Waals surface area contributed by atoms with Gasteiger partial charge in [0.1, 0.15) is 41.5 Å². The van der Waals surface area contributed by atoms with Gasteiger partial charge in [0, 0.05) is 66.8 Å². The van der Waals surface area contributed by atoms with Crippen LogP contribution in [0.1, 0.15) is 62.3 Å². The summed E-state index contributed by atoms with van der Waals surface area (Å²) in [4.78, 5) is 23.2. The highest BCUT2D eigenvalue weighted by Crippen LogP contribution is 2.43. The number of anilines is 1. The minimum absolute atomic E-state index is 0.0135. The van der Waals surface area contributed by atoms with Crippen molar-refractivity contribution in [1.82, 2.24) is 39.3 Å². The fourth-order valence-corrected chi connectivity index (χ4v) is 11.2. The lowest BCUT2D eigenvalue weighted by molar-refractivity contribution is 0.107. The zero-order valence-corrected chi connectivity index (χ0v) is 34.1. The zero-order valence-electron chi connectivity index (χ0n) is 33.3. The molecule has 2 unspecified atom stereocenters. The molecule has 0 spiro atoms. The molecule has 11 rings (SSSR count). The van der Waals surface area contributed by atoms with E-state index < -0.39 is 21.7 Å². The fourth-order valence-electron chi connectivity index (χ4n) is 10.1. The summed E-state index contributed by atoms with van der Waals surface area (Å²) < 4.78 is 72.6. The number of ether oxygens (including phenoxy) is 2. The second-order valence-electron chi connectivity index (χ2n) is 17.2. The first-order valence-corrected chi connectivity index (χ1v) is 22.4. The fraction of sp³-hybridized carbons (Fsp3) is 0.400. The zero-order chi connectivity index (χ0) is 41.5. The predicted molar refractivity (Wildman–Crippen MR) is 224 cm³/mol. The Morgan fingerprint density at radius 1 is 0.967 bits per heavy atom. The number of fused-ring (bicyclic) bond motifs is 5. The van der Waals surface area contributed by atoms with Crippen molar-refractivity contribution in [2.24, 2.45) is 5.92 Å². The van der Waals surface area contributed by atoms with Crippen LogP contribution in [0.3, 0.4) is 0 Å². The highest BCUT2D eigenvalue weighted by molar-refractivity contribution is 7.89. The number of rotatable bonds is 11. The Kier molecular flexibility index (Phi) is 9.21. The molecule has 16 heteroatoms. The van der Waals surface area contributed by atoms with E-state index in [-0.39, 0.29) is 45.1 Å². The summed E-state index contributed by atoms with van der Waals surface area (Å²) in [5.41, 5.74) is 0.197. The number of halogens is 2. The lowest BCUT2D eigenvalue weighted by atomic mass is 9.91. The molecular formula is C45H43F2N9O4S. The van der Waals surface area contributed by atoms with Crippen LogP contribution in [0.15, 0.2) is 72.0 Å². The predicted octanol–water partition coefficient (Wildman–Crippen LogP) is 6.06. The summed E-state index contributed by atoms with van der Waals surface area (Å²) in [6.45, 7) is 3.77. The van der Waals surface area contributed by atoms with Gasteiger partial charge in [-0.3, -0.25) is 9.88 Å². The van der Waals surface area contributed by atoms with Crippen LogP contribution in [-0.2, 0) is 10.0 Å². The molecule has 5 aliphatic rings. The molecule has 3 aromatic heterocycles. The average molecular weight is 844 g/mol. The van der Waals surface area contributed by atoms with Crippen molar-refractivity contribution in [2.45, 2.75) is 73.4 Å². The number of benzene rings is 3.